The van der Waals surface area contributed by atoms with Crippen LogP contribution < -0.4 is 15.7 Å². The Hall–Kier alpha value is -2.05. The number of ether oxygens (including phenoxy) is 1. The van der Waals surface area contributed by atoms with Crippen molar-refractivity contribution in [3.63, 3.8) is 0 Å². The average Bonchev–Trinajstić information content (AvgIpc) is 2.38. The molecule has 103 valence electrons. The van der Waals surface area contributed by atoms with Gasteiger partial charge in [-0.1, -0.05) is 0 Å². The highest BCUT2D eigenvalue weighted by Crippen LogP contribution is 2.13. The molecule has 0 aromatic heterocycles. The Balaban J connectivity index is 2.45. The third-order valence-electron chi connectivity index (χ3n) is 2.61. The fourth-order valence-corrected chi connectivity index (χ4v) is 1.65. The van der Waals surface area contributed by atoms with E-state index in [2.05, 4.69) is 4.74 Å². The monoisotopic (exact) mass is 285 g/mol. The molecular formula is C13H7BF5O. The van der Waals surface area contributed by atoms with E-state index in [1.165, 1.54) is 7.11 Å². The zero-order chi connectivity index (χ0) is 14.9. The van der Waals surface area contributed by atoms with Gasteiger partial charge >= 0.3 is 0 Å². The molecule has 0 saturated heterocycles. The molecule has 7 heteroatoms. The molecule has 1 radical (unpaired) electrons. The minimum Gasteiger partial charge on any atom is -0.497 e. The van der Waals surface area contributed by atoms with Gasteiger partial charge in [-0.3, -0.25) is 0 Å². The largest absolute Gasteiger partial charge is 0.497 e. The number of methoxy groups -OCH3 is 1. The van der Waals surface area contributed by atoms with Gasteiger partial charge in [-0.05, 0) is 17.0 Å². The Labute approximate surface area is 112 Å². The summed E-state index contributed by atoms with van der Waals surface area (Å²) in [6.07, 6.45) is 0. The molecule has 0 fully saturated rings. The summed E-state index contributed by atoms with van der Waals surface area (Å²) in [5.41, 5.74) is -1.21. The van der Waals surface area contributed by atoms with Crippen LogP contribution in [0.5, 0.6) is 5.75 Å². The summed E-state index contributed by atoms with van der Waals surface area (Å²) in [6, 6.07) is 2.74. The highest BCUT2D eigenvalue weighted by Gasteiger charge is 2.18. The lowest BCUT2D eigenvalue weighted by atomic mass is 9.63. The normalized spacial score (nSPS) is 10.5. The molecule has 0 aliphatic rings. The van der Waals surface area contributed by atoms with Gasteiger partial charge in [-0.2, -0.15) is 0 Å². The Morgan fingerprint density at radius 3 is 2.00 bits per heavy atom. The number of hydrogen-bond acceptors (Lipinski definition) is 1. The van der Waals surface area contributed by atoms with E-state index in [-0.39, 0.29) is 5.75 Å². The van der Waals surface area contributed by atoms with E-state index in [9.17, 15) is 22.0 Å². The van der Waals surface area contributed by atoms with Crippen molar-refractivity contribution in [1.82, 2.24) is 0 Å². The predicted octanol–water partition coefficient (Wildman–Crippen LogP) is 2.05. The third-order valence-corrected chi connectivity index (χ3v) is 2.61. The number of hydrogen-bond donors (Lipinski definition) is 0. The topological polar surface area (TPSA) is 9.23 Å². The highest BCUT2D eigenvalue weighted by atomic mass is 19.2. The molecule has 0 aliphatic heterocycles. The van der Waals surface area contributed by atoms with Gasteiger partial charge in [0.2, 0.25) is 7.28 Å². The van der Waals surface area contributed by atoms with Gasteiger partial charge in [0.25, 0.3) is 0 Å². The minimum atomic E-state index is -1.44. The summed E-state index contributed by atoms with van der Waals surface area (Å²) >= 11 is 0. The van der Waals surface area contributed by atoms with E-state index >= 15 is 0 Å². The molecule has 0 N–H and O–H groups in total. The van der Waals surface area contributed by atoms with Crippen LogP contribution in [0.3, 0.4) is 0 Å². The summed E-state index contributed by atoms with van der Waals surface area (Å²) < 4.78 is 71.4. The molecule has 0 spiro atoms. The lowest BCUT2D eigenvalue weighted by Gasteiger charge is -2.08. The van der Waals surface area contributed by atoms with Crippen LogP contribution in [0.2, 0.25) is 0 Å². The maximum absolute atomic E-state index is 13.7. The molecule has 0 aliphatic carbocycles. The highest BCUT2D eigenvalue weighted by molar-refractivity contribution is 6.67. The molecule has 0 unspecified atom stereocenters. The van der Waals surface area contributed by atoms with Gasteiger partial charge in [0.15, 0.2) is 11.6 Å². The molecule has 2 aromatic rings. The zero-order valence-corrected chi connectivity index (χ0v) is 10.2. The molecule has 0 heterocycles. The molecular weight excluding hydrogens is 278 g/mol. The summed E-state index contributed by atoms with van der Waals surface area (Å²) in [4.78, 5) is 0. The van der Waals surface area contributed by atoms with Crippen molar-refractivity contribution in [1.29, 1.82) is 0 Å². The maximum Gasteiger partial charge on any atom is 0.203 e. The molecule has 1 nitrogen and oxygen atoms in total. The minimum absolute atomic E-state index is 0.0666. The Morgan fingerprint density at radius 1 is 0.850 bits per heavy atom. The predicted molar refractivity (Wildman–Crippen MR) is 64.2 cm³/mol. The van der Waals surface area contributed by atoms with Gasteiger partial charge in [-0.15, -0.1) is 0 Å². The van der Waals surface area contributed by atoms with Crippen LogP contribution in [0.1, 0.15) is 0 Å². The fraction of sp³-hybridized carbons (Fsp3) is 0.0769. The smallest absolute Gasteiger partial charge is 0.203 e. The van der Waals surface area contributed by atoms with Gasteiger partial charge in [-0.25, -0.2) is 22.0 Å². The van der Waals surface area contributed by atoms with Crippen LogP contribution in [0.15, 0.2) is 24.3 Å². The number of rotatable bonds is 3. The second-order valence-corrected chi connectivity index (χ2v) is 3.94. The first-order valence-electron chi connectivity index (χ1n) is 5.44. The van der Waals surface area contributed by atoms with E-state index in [1.54, 1.807) is 0 Å². The first-order chi connectivity index (χ1) is 9.42. The second-order valence-electron chi connectivity index (χ2n) is 3.94. The lowest BCUT2D eigenvalue weighted by molar-refractivity contribution is 0.407. The molecule has 2 aromatic carbocycles. The molecule has 2 rings (SSSR count). The fourth-order valence-electron chi connectivity index (χ4n) is 1.65. The average molecular weight is 285 g/mol. The van der Waals surface area contributed by atoms with E-state index in [4.69, 9.17) is 0 Å². The summed E-state index contributed by atoms with van der Waals surface area (Å²) in [7, 11) is 1.91. The molecule has 0 saturated carbocycles. The first kappa shape index (κ1) is 14.4. The van der Waals surface area contributed by atoms with Crippen molar-refractivity contribution >= 4 is 18.2 Å². The molecule has 0 bridgehead atoms. The number of benzene rings is 2. The third kappa shape index (κ3) is 2.76. The van der Waals surface area contributed by atoms with Crippen LogP contribution in [0.4, 0.5) is 22.0 Å². The van der Waals surface area contributed by atoms with E-state index < -0.39 is 40.0 Å². The Kier molecular flexibility index (Phi) is 3.97. The van der Waals surface area contributed by atoms with Crippen molar-refractivity contribution in [2.45, 2.75) is 0 Å². The van der Waals surface area contributed by atoms with Crippen molar-refractivity contribution < 1.29 is 26.7 Å². The first-order valence-corrected chi connectivity index (χ1v) is 5.44. The van der Waals surface area contributed by atoms with Gasteiger partial charge in [0.1, 0.15) is 23.2 Å². The molecule has 0 amide bonds. The van der Waals surface area contributed by atoms with E-state index in [0.29, 0.717) is 19.4 Å². The number of halogens is 5. The van der Waals surface area contributed by atoms with Crippen molar-refractivity contribution in [2.24, 2.45) is 0 Å². The summed E-state index contributed by atoms with van der Waals surface area (Å²) in [6.45, 7) is 0. The maximum atomic E-state index is 13.7. The SMILES string of the molecule is COc1cc(F)c([B]c2cc(F)cc(F)c2F)c(F)c1. The Bertz CT molecular complexity index is 636. The standard InChI is InChI=1S/C13H7BF5O/c1-20-7-4-9(16)12(10(17)5-7)14-8-2-6(15)3-11(18)13(8)19/h2-5H,1H3. The second kappa shape index (κ2) is 5.52. The zero-order valence-electron chi connectivity index (χ0n) is 10.2. The van der Waals surface area contributed by atoms with Crippen LogP contribution in [0.25, 0.3) is 0 Å². The van der Waals surface area contributed by atoms with Crippen LogP contribution in [0, 0.1) is 29.1 Å². The van der Waals surface area contributed by atoms with Gasteiger partial charge in [0, 0.05) is 18.2 Å². The van der Waals surface area contributed by atoms with Crippen LogP contribution >= 0.6 is 0 Å². The Morgan fingerprint density at radius 2 is 1.45 bits per heavy atom. The quantitative estimate of drug-likeness (QED) is 0.476. The van der Waals surface area contributed by atoms with Crippen molar-refractivity contribution in [3.8, 4) is 5.75 Å². The van der Waals surface area contributed by atoms with E-state index in [1.807, 2.05) is 0 Å². The van der Waals surface area contributed by atoms with Crippen molar-refractivity contribution in [3.05, 3.63) is 53.4 Å². The molecule has 20 heavy (non-hydrogen) atoms. The van der Waals surface area contributed by atoms with Crippen molar-refractivity contribution in [2.75, 3.05) is 7.11 Å². The van der Waals surface area contributed by atoms with E-state index in [0.717, 1.165) is 12.1 Å². The summed E-state index contributed by atoms with van der Waals surface area (Å²) in [5, 5.41) is 0. The lowest BCUT2D eigenvalue weighted by Crippen LogP contribution is -2.35. The summed E-state index contributed by atoms with van der Waals surface area (Å²) in [5.74, 6) is -6.02. The van der Waals surface area contributed by atoms with Gasteiger partial charge in [0.05, 0.1) is 7.11 Å². The molecule has 0 atom stereocenters. The van der Waals surface area contributed by atoms with Crippen LogP contribution in [-0.4, -0.2) is 14.4 Å². The van der Waals surface area contributed by atoms with Gasteiger partial charge < -0.3 is 4.74 Å². The van der Waals surface area contributed by atoms with Crippen LogP contribution in [-0.2, 0) is 0 Å².